The summed E-state index contributed by atoms with van der Waals surface area (Å²) in [5, 5.41) is 0. The fourth-order valence-electron chi connectivity index (χ4n) is 1.53. The number of nitrogens with zero attached hydrogens (tertiary/aromatic N) is 1. The molecule has 1 rings (SSSR count). The van der Waals surface area contributed by atoms with Gasteiger partial charge in [-0.25, -0.2) is 0 Å². The molecule has 3 heteroatoms. The minimum absolute atomic E-state index is 0.348. The Labute approximate surface area is 92.7 Å². The summed E-state index contributed by atoms with van der Waals surface area (Å²) < 4.78 is 10.4. The molecule has 0 bridgehead atoms. The first-order chi connectivity index (χ1) is 7.22. The molecule has 86 valence electrons. The molecule has 0 saturated carbocycles. The van der Waals surface area contributed by atoms with Crippen LogP contribution >= 0.6 is 0 Å². The van der Waals surface area contributed by atoms with Crippen LogP contribution in [0.15, 0.2) is 0 Å². The highest BCUT2D eigenvalue weighted by Gasteiger charge is 2.25. The fourth-order valence-corrected chi connectivity index (χ4v) is 1.53. The third-order valence-electron chi connectivity index (χ3n) is 2.34. The molecular weight excluding hydrogens is 190 g/mol. The highest BCUT2D eigenvalue weighted by molar-refractivity contribution is 5.03. The molecule has 1 aliphatic rings. The van der Waals surface area contributed by atoms with Gasteiger partial charge >= 0.3 is 0 Å². The van der Waals surface area contributed by atoms with Gasteiger partial charge in [0, 0.05) is 26.1 Å². The molecule has 0 spiro atoms. The van der Waals surface area contributed by atoms with Gasteiger partial charge in [-0.2, -0.15) is 0 Å². The molecule has 0 aromatic heterocycles. The molecule has 0 atom stereocenters. The van der Waals surface area contributed by atoms with Gasteiger partial charge in [-0.15, -0.1) is 0 Å². The van der Waals surface area contributed by atoms with Gasteiger partial charge in [0.25, 0.3) is 0 Å². The summed E-state index contributed by atoms with van der Waals surface area (Å²) in [5.41, 5.74) is 0. The predicted octanol–water partition coefficient (Wildman–Crippen LogP) is 0.993. The molecule has 3 nitrogen and oxygen atoms in total. The van der Waals surface area contributed by atoms with Crippen LogP contribution in [-0.4, -0.2) is 51.0 Å². The molecule has 0 aromatic carbocycles. The van der Waals surface area contributed by atoms with Crippen LogP contribution in [0.5, 0.6) is 0 Å². The van der Waals surface area contributed by atoms with Gasteiger partial charge < -0.3 is 9.47 Å². The lowest BCUT2D eigenvalue weighted by molar-refractivity contribution is -0.00437. The predicted molar refractivity (Wildman–Crippen MR) is 60.7 cm³/mol. The fraction of sp³-hybridized carbons (Fsp3) is 0.833. The molecule has 1 aliphatic heterocycles. The number of hydrogen-bond donors (Lipinski definition) is 0. The van der Waals surface area contributed by atoms with Crippen molar-refractivity contribution in [2.24, 2.45) is 5.92 Å². The van der Waals surface area contributed by atoms with Gasteiger partial charge in [0.2, 0.25) is 0 Å². The Morgan fingerprint density at radius 2 is 2.07 bits per heavy atom. The van der Waals surface area contributed by atoms with Gasteiger partial charge in [0.05, 0.1) is 19.3 Å². The number of rotatable bonds is 5. The van der Waals surface area contributed by atoms with Crippen molar-refractivity contribution in [1.82, 2.24) is 4.90 Å². The van der Waals surface area contributed by atoms with E-state index in [1.54, 1.807) is 7.11 Å². The van der Waals surface area contributed by atoms with Crippen molar-refractivity contribution in [3.05, 3.63) is 0 Å². The lowest BCUT2D eigenvalue weighted by Gasteiger charge is -2.38. The number of likely N-dealkylation sites (tertiary alicyclic amines) is 1. The monoisotopic (exact) mass is 211 g/mol. The highest BCUT2D eigenvalue weighted by atomic mass is 16.5. The van der Waals surface area contributed by atoms with E-state index in [-0.39, 0.29) is 0 Å². The van der Waals surface area contributed by atoms with E-state index < -0.39 is 0 Å². The van der Waals surface area contributed by atoms with Gasteiger partial charge in [-0.05, 0) is 13.8 Å². The van der Waals surface area contributed by atoms with Gasteiger partial charge in [-0.1, -0.05) is 11.8 Å². The Kier molecular flexibility index (Phi) is 5.70. The first-order valence-corrected chi connectivity index (χ1v) is 5.51. The lowest BCUT2D eigenvalue weighted by Crippen LogP contribution is -2.48. The van der Waals surface area contributed by atoms with Crippen LogP contribution in [0.4, 0.5) is 0 Å². The van der Waals surface area contributed by atoms with E-state index >= 15 is 0 Å². The third-order valence-corrected chi connectivity index (χ3v) is 2.34. The van der Waals surface area contributed by atoms with E-state index in [2.05, 4.69) is 30.6 Å². The summed E-state index contributed by atoms with van der Waals surface area (Å²) in [6.07, 6.45) is 0.348. The van der Waals surface area contributed by atoms with Crippen LogP contribution in [0.2, 0.25) is 0 Å². The zero-order chi connectivity index (χ0) is 11.1. The van der Waals surface area contributed by atoms with Crippen molar-refractivity contribution >= 4 is 0 Å². The van der Waals surface area contributed by atoms with Crippen molar-refractivity contribution in [2.75, 3.05) is 40.0 Å². The Hall–Kier alpha value is -0.560. The summed E-state index contributed by atoms with van der Waals surface area (Å²) in [7, 11) is 1.66. The minimum atomic E-state index is 0.348. The van der Waals surface area contributed by atoms with Crippen molar-refractivity contribution in [3.8, 4) is 11.8 Å². The molecule has 0 unspecified atom stereocenters. The van der Waals surface area contributed by atoms with Crippen molar-refractivity contribution < 1.29 is 9.47 Å². The zero-order valence-corrected chi connectivity index (χ0v) is 9.95. The Morgan fingerprint density at radius 1 is 1.33 bits per heavy atom. The second kappa shape index (κ2) is 6.84. The van der Waals surface area contributed by atoms with E-state index in [1.165, 1.54) is 0 Å². The van der Waals surface area contributed by atoms with Crippen molar-refractivity contribution in [3.63, 3.8) is 0 Å². The number of hydrogen-bond acceptors (Lipinski definition) is 3. The van der Waals surface area contributed by atoms with E-state index in [0.29, 0.717) is 18.6 Å². The summed E-state index contributed by atoms with van der Waals surface area (Å²) in [5.74, 6) is 6.74. The van der Waals surface area contributed by atoms with E-state index in [0.717, 1.165) is 26.2 Å². The Morgan fingerprint density at radius 3 is 2.67 bits per heavy atom. The maximum atomic E-state index is 5.55. The van der Waals surface area contributed by atoms with E-state index in [4.69, 9.17) is 9.47 Å². The van der Waals surface area contributed by atoms with Gasteiger partial charge in [0.1, 0.15) is 6.61 Å². The topological polar surface area (TPSA) is 21.7 Å². The quantitative estimate of drug-likeness (QED) is 0.633. The molecule has 0 N–H and O–H groups in total. The minimum Gasteiger partial charge on any atom is -0.378 e. The average molecular weight is 211 g/mol. The second-order valence-electron chi connectivity index (χ2n) is 4.23. The second-order valence-corrected chi connectivity index (χ2v) is 4.23. The normalized spacial score (nSPS) is 17.3. The number of ether oxygens (including phenoxy) is 2. The first-order valence-electron chi connectivity index (χ1n) is 5.51. The molecule has 0 radical (unpaired) electrons. The highest BCUT2D eigenvalue weighted by Crippen LogP contribution is 2.15. The van der Waals surface area contributed by atoms with E-state index in [1.807, 2.05) is 0 Å². The van der Waals surface area contributed by atoms with Crippen LogP contribution < -0.4 is 0 Å². The smallest absolute Gasteiger partial charge is 0.107 e. The molecule has 0 amide bonds. The van der Waals surface area contributed by atoms with Crippen LogP contribution in [0.25, 0.3) is 0 Å². The molecule has 0 aliphatic carbocycles. The maximum absolute atomic E-state index is 5.55. The first kappa shape index (κ1) is 12.5. The maximum Gasteiger partial charge on any atom is 0.107 e. The van der Waals surface area contributed by atoms with Crippen LogP contribution in [-0.2, 0) is 9.47 Å². The molecular formula is C12H21NO2. The van der Waals surface area contributed by atoms with Crippen molar-refractivity contribution in [2.45, 2.75) is 20.0 Å². The van der Waals surface area contributed by atoms with Crippen LogP contribution in [0, 0.1) is 17.8 Å². The number of methoxy groups -OCH3 is 1. The molecule has 15 heavy (non-hydrogen) atoms. The van der Waals surface area contributed by atoms with Gasteiger partial charge in [0.15, 0.2) is 0 Å². The lowest BCUT2D eigenvalue weighted by atomic mass is 10.0. The largest absolute Gasteiger partial charge is 0.378 e. The third kappa shape index (κ3) is 5.17. The van der Waals surface area contributed by atoms with E-state index in [9.17, 15) is 0 Å². The van der Waals surface area contributed by atoms with Gasteiger partial charge in [-0.3, -0.25) is 4.90 Å². The summed E-state index contributed by atoms with van der Waals surface area (Å²) >= 11 is 0. The molecule has 1 heterocycles. The average Bonchev–Trinajstić information content (AvgIpc) is 2.13. The Bertz CT molecular complexity index is 224. The van der Waals surface area contributed by atoms with Crippen molar-refractivity contribution in [1.29, 1.82) is 0 Å². The summed E-state index contributed by atoms with van der Waals surface area (Å²) in [4.78, 5) is 2.33. The molecule has 1 saturated heterocycles. The SMILES string of the molecule is COCC#CCN1CC(COC(C)C)C1. The molecule has 0 aromatic rings. The Balaban J connectivity index is 1.98. The zero-order valence-electron chi connectivity index (χ0n) is 9.95. The standard InChI is InChI=1S/C12H21NO2/c1-11(2)15-10-12-8-13(9-12)6-4-5-7-14-3/h11-12H,6-10H2,1-3H3. The summed E-state index contributed by atoms with van der Waals surface area (Å²) in [6.45, 7) is 8.68. The van der Waals surface area contributed by atoms with Crippen LogP contribution in [0.1, 0.15) is 13.8 Å². The molecule has 1 fully saturated rings. The van der Waals surface area contributed by atoms with Crippen LogP contribution in [0.3, 0.4) is 0 Å². The summed E-state index contributed by atoms with van der Waals surface area (Å²) in [6, 6.07) is 0.